The fourth-order valence-corrected chi connectivity index (χ4v) is 3.23. The minimum Gasteiger partial charge on any atom is -0.331 e. The van der Waals surface area contributed by atoms with Crippen LogP contribution in [0.1, 0.15) is 13.3 Å². The van der Waals surface area contributed by atoms with Crippen LogP contribution in [0.15, 0.2) is 30.3 Å². The van der Waals surface area contributed by atoms with E-state index in [1.807, 2.05) is 37.3 Å². The van der Waals surface area contributed by atoms with Crippen molar-refractivity contribution in [3.8, 4) is 0 Å². The van der Waals surface area contributed by atoms with Crippen molar-refractivity contribution in [1.82, 2.24) is 10.9 Å². The van der Waals surface area contributed by atoms with Gasteiger partial charge in [0.15, 0.2) is 5.11 Å². The Labute approximate surface area is 133 Å². The number of carbonyl (C=O) groups excluding carboxylic acids is 1. The molecule has 7 heteroatoms. The number of benzene rings is 1. The summed E-state index contributed by atoms with van der Waals surface area (Å²) in [5.74, 6) is -0.113. The van der Waals surface area contributed by atoms with Gasteiger partial charge >= 0.3 is 0 Å². The largest absolute Gasteiger partial charge is 0.331 e. The SMILES string of the molecule is C[C@@]1(C(=O)NNC(=S)Nc2ccccc2)CC1(Br)Br. The normalized spacial score (nSPS) is 23.3. The number of amides is 1. The van der Waals surface area contributed by atoms with Crippen molar-refractivity contribution in [1.29, 1.82) is 0 Å². The second-order valence-corrected chi connectivity index (χ2v) is 8.79. The van der Waals surface area contributed by atoms with E-state index in [9.17, 15) is 4.79 Å². The van der Waals surface area contributed by atoms with Crippen molar-refractivity contribution < 1.29 is 4.79 Å². The molecule has 0 aromatic heterocycles. The van der Waals surface area contributed by atoms with E-state index in [0.717, 1.165) is 12.1 Å². The molecule has 0 spiro atoms. The smallest absolute Gasteiger partial charge is 0.246 e. The topological polar surface area (TPSA) is 53.2 Å². The number of hydrogen-bond acceptors (Lipinski definition) is 2. The van der Waals surface area contributed by atoms with Crippen LogP contribution in [0.25, 0.3) is 0 Å². The molecule has 0 aliphatic heterocycles. The highest BCUT2D eigenvalue weighted by Gasteiger charge is 2.66. The van der Waals surface area contributed by atoms with E-state index in [2.05, 4.69) is 48.0 Å². The van der Waals surface area contributed by atoms with Crippen molar-refractivity contribution in [2.45, 2.75) is 16.6 Å². The number of halogens is 2. The molecule has 4 nitrogen and oxygen atoms in total. The first kappa shape index (κ1) is 14.7. The number of rotatable bonds is 2. The van der Waals surface area contributed by atoms with Crippen LogP contribution >= 0.6 is 44.1 Å². The summed E-state index contributed by atoms with van der Waals surface area (Å²) in [6, 6.07) is 9.50. The van der Waals surface area contributed by atoms with Gasteiger partial charge in [0, 0.05) is 5.69 Å². The van der Waals surface area contributed by atoms with E-state index >= 15 is 0 Å². The summed E-state index contributed by atoms with van der Waals surface area (Å²) in [7, 11) is 0. The third kappa shape index (κ3) is 3.27. The van der Waals surface area contributed by atoms with Gasteiger partial charge in [-0.05, 0) is 37.7 Å². The molecule has 0 saturated heterocycles. The molecule has 0 heterocycles. The standard InChI is InChI=1S/C12H13Br2N3OS/c1-11(7-12(11,13)14)9(18)16-17-10(19)15-8-5-3-2-4-6-8/h2-6H,7H2,1H3,(H,16,18)(H2,15,17,19)/t11-/m0/s1. The van der Waals surface area contributed by atoms with Gasteiger partial charge in [0.25, 0.3) is 0 Å². The molecular weight excluding hydrogens is 394 g/mol. The molecule has 1 amide bonds. The van der Waals surface area contributed by atoms with Gasteiger partial charge < -0.3 is 5.32 Å². The maximum absolute atomic E-state index is 12.0. The summed E-state index contributed by atoms with van der Waals surface area (Å²) in [4.78, 5) is 12.0. The van der Waals surface area contributed by atoms with E-state index in [1.165, 1.54) is 0 Å². The van der Waals surface area contributed by atoms with Gasteiger partial charge in [-0.1, -0.05) is 50.1 Å². The highest BCUT2D eigenvalue weighted by Crippen LogP contribution is 2.66. The third-order valence-corrected chi connectivity index (χ3v) is 5.60. The zero-order chi connectivity index (χ0) is 14.1. The van der Waals surface area contributed by atoms with Crippen LogP contribution in [0.4, 0.5) is 5.69 Å². The maximum Gasteiger partial charge on any atom is 0.246 e. The molecule has 1 atom stereocenters. The third-order valence-electron chi connectivity index (χ3n) is 3.08. The second kappa shape index (κ2) is 5.38. The maximum atomic E-state index is 12.0. The molecule has 0 radical (unpaired) electrons. The molecule has 1 fully saturated rings. The Balaban J connectivity index is 1.80. The highest BCUT2D eigenvalue weighted by atomic mass is 79.9. The number of anilines is 1. The van der Waals surface area contributed by atoms with Crippen LogP contribution in [0.5, 0.6) is 0 Å². The Kier molecular flexibility index (Phi) is 4.17. The van der Waals surface area contributed by atoms with Crippen LogP contribution in [0, 0.1) is 5.41 Å². The first-order valence-electron chi connectivity index (χ1n) is 5.65. The zero-order valence-electron chi connectivity index (χ0n) is 10.2. The van der Waals surface area contributed by atoms with Gasteiger partial charge in [0.05, 0.1) is 8.65 Å². The Morgan fingerprint density at radius 2 is 1.84 bits per heavy atom. The predicted octanol–water partition coefficient (Wildman–Crippen LogP) is 2.90. The molecule has 1 aliphatic rings. The van der Waals surface area contributed by atoms with Crippen LogP contribution < -0.4 is 16.2 Å². The fraction of sp³-hybridized carbons (Fsp3) is 0.333. The van der Waals surface area contributed by atoms with E-state index in [1.54, 1.807) is 0 Å². The van der Waals surface area contributed by atoms with Crippen molar-refractivity contribution in [2.75, 3.05) is 5.32 Å². The Morgan fingerprint density at radius 1 is 1.26 bits per heavy atom. The minimum atomic E-state index is -0.470. The number of nitrogens with one attached hydrogen (secondary N) is 3. The van der Waals surface area contributed by atoms with Crippen molar-refractivity contribution in [3.63, 3.8) is 0 Å². The molecule has 0 bridgehead atoms. The van der Waals surface area contributed by atoms with Crippen LogP contribution in [-0.2, 0) is 4.79 Å². The van der Waals surface area contributed by atoms with E-state index in [4.69, 9.17) is 12.2 Å². The number of thiocarbonyl (C=S) groups is 1. The number of hydrogen-bond donors (Lipinski definition) is 3. The lowest BCUT2D eigenvalue weighted by atomic mass is 10.1. The predicted molar refractivity (Wildman–Crippen MR) is 87.3 cm³/mol. The van der Waals surface area contributed by atoms with Crippen molar-refractivity contribution >= 4 is 60.8 Å². The number of hydrazine groups is 1. The summed E-state index contributed by atoms with van der Waals surface area (Å²) in [5.41, 5.74) is 5.70. The summed E-state index contributed by atoms with van der Waals surface area (Å²) >= 11 is 12.0. The van der Waals surface area contributed by atoms with Gasteiger partial charge in [-0.2, -0.15) is 0 Å². The van der Waals surface area contributed by atoms with Crippen molar-refractivity contribution in [3.05, 3.63) is 30.3 Å². The Bertz CT molecular complexity index is 509. The Hall–Kier alpha value is -0.660. The second-order valence-electron chi connectivity index (χ2n) is 4.61. The van der Waals surface area contributed by atoms with Crippen molar-refractivity contribution in [2.24, 2.45) is 5.41 Å². The van der Waals surface area contributed by atoms with E-state index in [-0.39, 0.29) is 9.14 Å². The molecule has 1 saturated carbocycles. The lowest BCUT2D eigenvalue weighted by molar-refractivity contribution is -0.126. The molecule has 0 unspecified atom stereocenters. The summed E-state index contributed by atoms with van der Waals surface area (Å²) in [6.07, 6.45) is 0.729. The lowest BCUT2D eigenvalue weighted by Crippen LogP contribution is -2.47. The molecule has 2 rings (SSSR count). The number of carbonyl (C=O) groups is 1. The van der Waals surface area contributed by atoms with Gasteiger partial charge in [-0.25, -0.2) is 0 Å². The number of alkyl halides is 2. The van der Waals surface area contributed by atoms with Gasteiger partial charge in [-0.15, -0.1) is 0 Å². The molecule has 3 N–H and O–H groups in total. The molecule has 19 heavy (non-hydrogen) atoms. The first-order valence-corrected chi connectivity index (χ1v) is 7.65. The number of para-hydroxylation sites is 1. The fourth-order valence-electron chi connectivity index (χ4n) is 1.58. The van der Waals surface area contributed by atoms with Gasteiger partial charge in [-0.3, -0.25) is 15.6 Å². The monoisotopic (exact) mass is 405 g/mol. The van der Waals surface area contributed by atoms with Crippen LogP contribution in [0.3, 0.4) is 0 Å². The first-order chi connectivity index (χ1) is 8.85. The summed E-state index contributed by atoms with van der Waals surface area (Å²) < 4.78 is -0.312. The van der Waals surface area contributed by atoms with Gasteiger partial charge in [0.1, 0.15) is 0 Å². The quantitative estimate of drug-likeness (QED) is 0.401. The molecule has 1 aromatic carbocycles. The van der Waals surface area contributed by atoms with Crippen LogP contribution in [-0.4, -0.2) is 14.3 Å². The summed E-state index contributed by atoms with van der Waals surface area (Å²) in [5, 5.41) is 3.32. The average Bonchev–Trinajstić information content (AvgIpc) is 2.88. The molecular formula is C12H13Br2N3OS. The minimum absolute atomic E-state index is 0.113. The van der Waals surface area contributed by atoms with E-state index < -0.39 is 5.41 Å². The molecule has 1 aliphatic carbocycles. The average molecular weight is 407 g/mol. The molecule has 1 aromatic rings. The van der Waals surface area contributed by atoms with E-state index in [0.29, 0.717) is 5.11 Å². The summed E-state index contributed by atoms with van der Waals surface area (Å²) in [6.45, 7) is 1.88. The Morgan fingerprint density at radius 3 is 2.37 bits per heavy atom. The van der Waals surface area contributed by atoms with Crippen LogP contribution in [0.2, 0.25) is 0 Å². The van der Waals surface area contributed by atoms with Gasteiger partial charge in [0.2, 0.25) is 5.91 Å². The zero-order valence-corrected chi connectivity index (χ0v) is 14.2. The highest BCUT2D eigenvalue weighted by molar-refractivity contribution is 9.25. The lowest BCUT2D eigenvalue weighted by Gasteiger charge is -2.15. The molecule has 102 valence electrons.